The number of fused-ring (bicyclic) bond motifs is 3. The highest BCUT2D eigenvalue weighted by atomic mass is 19.1. The molecule has 0 aliphatic carbocycles. The van der Waals surface area contributed by atoms with E-state index in [1.807, 2.05) is 0 Å². The normalized spacial score (nSPS) is 11.4. The summed E-state index contributed by atoms with van der Waals surface area (Å²) in [5.41, 5.74) is 0.976. The van der Waals surface area contributed by atoms with Gasteiger partial charge in [0, 0.05) is 18.1 Å². The van der Waals surface area contributed by atoms with Crippen LogP contribution in [0.1, 0.15) is 5.82 Å². The number of benzene rings is 1. The molecule has 3 aromatic heterocycles. The zero-order valence-electron chi connectivity index (χ0n) is 11.6. The summed E-state index contributed by atoms with van der Waals surface area (Å²) in [5.74, 6) is 0.686. The molecule has 0 aliphatic rings. The molecule has 0 bridgehead atoms. The first kappa shape index (κ1) is 12.6. The smallest absolute Gasteiger partial charge is 0.266 e. The molecule has 0 atom stereocenters. The highest BCUT2D eigenvalue weighted by Gasteiger charge is 2.10. The highest BCUT2D eigenvalue weighted by Crippen LogP contribution is 2.13. The second-order valence-corrected chi connectivity index (χ2v) is 4.90. The van der Waals surface area contributed by atoms with E-state index in [1.54, 1.807) is 35.8 Å². The van der Waals surface area contributed by atoms with Gasteiger partial charge in [0.05, 0.1) is 10.9 Å². The molecule has 0 unspecified atom stereocenters. The topological polar surface area (TPSA) is 65.1 Å². The Balaban J connectivity index is 2.03. The van der Waals surface area contributed by atoms with Gasteiger partial charge < -0.3 is 0 Å². The van der Waals surface area contributed by atoms with Crippen LogP contribution in [-0.2, 0) is 0 Å². The minimum Gasteiger partial charge on any atom is -0.284 e. The van der Waals surface area contributed by atoms with E-state index in [0.717, 1.165) is 0 Å². The van der Waals surface area contributed by atoms with Gasteiger partial charge in [-0.15, -0.1) is 5.10 Å². The molecule has 4 aromatic rings. The number of rotatable bonds is 1. The van der Waals surface area contributed by atoms with Crippen LogP contribution in [0.5, 0.6) is 0 Å². The molecule has 108 valence electrons. The Labute approximate surface area is 123 Å². The van der Waals surface area contributed by atoms with Gasteiger partial charge in [-0.25, -0.2) is 9.37 Å². The van der Waals surface area contributed by atoms with Gasteiger partial charge in [0.15, 0.2) is 0 Å². The van der Waals surface area contributed by atoms with Crippen LogP contribution in [0.15, 0.2) is 47.5 Å². The quantitative estimate of drug-likeness (QED) is 0.538. The highest BCUT2D eigenvalue weighted by molar-refractivity contribution is 5.78. The Hall–Kier alpha value is -3.09. The maximum Gasteiger partial charge on any atom is 0.266 e. The summed E-state index contributed by atoms with van der Waals surface area (Å²) in [5, 5.41) is 4.66. The lowest BCUT2D eigenvalue weighted by atomic mass is 10.2. The lowest BCUT2D eigenvalue weighted by Gasteiger charge is -2.07. The molecule has 0 aliphatic heterocycles. The Kier molecular flexibility index (Phi) is 2.56. The number of aryl methyl sites for hydroxylation is 1. The summed E-state index contributed by atoms with van der Waals surface area (Å²) in [7, 11) is 0. The Morgan fingerprint density at radius 1 is 1.14 bits per heavy atom. The van der Waals surface area contributed by atoms with Gasteiger partial charge in [0.1, 0.15) is 11.6 Å². The summed E-state index contributed by atoms with van der Waals surface area (Å²) >= 11 is 0. The van der Waals surface area contributed by atoms with E-state index in [0.29, 0.717) is 28.2 Å². The van der Waals surface area contributed by atoms with Crippen molar-refractivity contribution >= 4 is 16.7 Å². The summed E-state index contributed by atoms with van der Waals surface area (Å²) in [4.78, 5) is 21.0. The van der Waals surface area contributed by atoms with Crippen molar-refractivity contribution in [3.63, 3.8) is 0 Å². The lowest BCUT2D eigenvalue weighted by molar-refractivity contribution is 0.627. The summed E-state index contributed by atoms with van der Waals surface area (Å²) in [6.45, 7) is 1.76. The predicted octanol–water partition coefficient (Wildman–Crippen LogP) is 1.88. The maximum absolute atomic E-state index is 13.0. The third-order valence-electron chi connectivity index (χ3n) is 3.44. The van der Waals surface area contributed by atoms with Crippen LogP contribution in [0.25, 0.3) is 22.4 Å². The van der Waals surface area contributed by atoms with E-state index in [9.17, 15) is 9.18 Å². The molecular formula is C15H10FN5O. The molecule has 0 saturated heterocycles. The average molecular weight is 295 g/mol. The number of nitrogens with zero attached hydrogens (tertiary/aromatic N) is 5. The monoisotopic (exact) mass is 295 g/mol. The first-order valence-corrected chi connectivity index (χ1v) is 6.63. The van der Waals surface area contributed by atoms with Crippen LogP contribution in [0.4, 0.5) is 4.39 Å². The molecule has 22 heavy (non-hydrogen) atoms. The largest absolute Gasteiger partial charge is 0.284 e. The van der Waals surface area contributed by atoms with E-state index in [4.69, 9.17) is 0 Å². The molecule has 6 nitrogen and oxygen atoms in total. The summed E-state index contributed by atoms with van der Waals surface area (Å²) in [6, 6.07) is 7.49. The second-order valence-electron chi connectivity index (χ2n) is 4.90. The molecule has 0 saturated carbocycles. The van der Waals surface area contributed by atoms with Crippen LogP contribution in [0.2, 0.25) is 0 Å². The predicted molar refractivity (Wildman–Crippen MR) is 78.6 cm³/mol. The standard InChI is InChI=1S/C15H10FN5O/c1-9-18-15-17-8-12-13(21(15)19-9)6-7-20(14(12)22)11-4-2-10(16)3-5-11/h2-8H,1H3. The van der Waals surface area contributed by atoms with Crippen molar-refractivity contribution in [2.24, 2.45) is 0 Å². The van der Waals surface area contributed by atoms with Crippen molar-refractivity contribution < 1.29 is 4.39 Å². The SMILES string of the molecule is Cc1nc2ncc3c(=O)n(-c4ccc(F)cc4)ccc3n2n1. The van der Waals surface area contributed by atoms with Gasteiger partial charge >= 0.3 is 0 Å². The molecule has 0 radical (unpaired) electrons. The van der Waals surface area contributed by atoms with Gasteiger partial charge in [-0.2, -0.15) is 9.50 Å². The van der Waals surface area contributed by atoms with Crippen LogP contribution in [0, 0.1) is 12.7 Å². The van der Waals surface area contributed by atoms with Crippen molar-refractivity contribution in [1.29, 1.82) is 0 Å². The number of halogens is 1. The van der Waals surface area contributed by atoms with E-state index in [-0.39, 0.29) is 11.4 Å². The molecule has 4 rings (SSSR count). The molecular weight excluding hydrogens is 285 g/mol. The minimum absolute atomic E-state index is 0.244. The second kappa shape index (κ2) is 4.45. The maximum atomic E-state index is 13.0. The fourth-order valence-corrected chi connectivity index (χ4v) is 2.42. The zero-order chi connectivity index (χ0) is 15.3. The van der Waals surface area contributed by atoms with Gasteiger partial charge in [-0.3, -0.25) is 9.36 Å². The van der Waals surface area contributed by atoms with Gasteiger partial charge in [0.2, 0.25) is 0 Å². The van der Waals surface area contributed by atoms with Crippen molar-refractivity contribution in [1.82, 2.24) is 24.1 Å². The van der Waals surface area contributed by atoms with Crippen molar-refractivity contribution in [3.05, 3.63) is 64.7 Å². The molecule has 0 spiro atoms. The van der Waals surface area contributed by atoms with E-state index in [1.165, 1.54) is 22.9 Å². The summed E-state index contributed by atoms with van der Waals surface area (Å²) < 4.78 is 16.0. The van der Waals surface area contributed by atoms with Crippen molar-refractivity contribution in [2.45, 2.75) is 6.92 Å². The number of hydrogen-bond acceptors (Lipinski definition) is 4. The Morgan fingerprint density at radius 3 is 2.68 bits per heavy atom. The molecule has 0 N–H and O–H groups in total. The fraction of sp³-hybridized carbons (Fsp3) is 0.0667. The molecule has 7 heteroatoms. The number of hydrogen-bond donors (Lipinski definition) is 0. The molecule has 3 heterocycles. The molecule has 0 amide bonds. The summed E-state index contributed by atoms with van der Waals surface area (Å²) in [6.07, 6.45) is 3.12. The van der Waals surface area contributed by atoms with Gasteiger partial charge in [-0.1, -0.05) is 0 Å². The number of aromatic nitrogens is 5. The average Bonchev–Trinajstić information content (AvgIpc) is 2.89. The van der Waals surface area contributed by atoms with Crippen LogP contribution < -0.4 is 5.56 Å². The lowest BCUT2D eigenvalue weighted by Crippen LogP contribution is -2.18. The first-order valence-electron chi connectivity index (χ1n) is 6.63. The minimum atomic E-state index is -0.348. The third kappa shape index (κ3) is 1.79. The van der Waals surface area contributed by atoms with Gasteiger partial charge in [0.25, 0.3) is 11.3 Å². The van der Waals surface area contributed by atoms with Crippen LogP contribution in [0.3, 0.4) is 0 Å². The van der Waals surface area contributed by atoms with Crippen molar-refractivity contribution in [3.8, 4) is 5.69 Å². The van der Waals surface area contributed by atoms with Crippen LogP contribution in [-0.4, -0.2) is 24.1 Å². The number of pyridine rings is 1. The van der Waals surface area contributed by atoms with E-state index in [2.05, 4.69) is 15.1 Å². The van der Waals surface area contributed by atoms with E-state index < -0.39 is 0 Å². The van der Waals surface area contributed by atoms with Crippen LogP contribution >= 0.6 is 0 Å². The Morgan fingerprint density at radius 2 is 1.91 bits per heavy atom. The zero-order valence-corrected chi connectivity index (χ0v) is 11.6. The van der Waals surface area contributed by atoms with Crippen molar-refractivity contribution in [2.75, 3.05) is 0 Å². The first-order chi connectivity index (χ1) is 10.6. The van der Waals surface area contributed by atoms with E-state index >= 15 is 0 Å². The molecule has 1 aromatic carbocycles. The van der Waals surface area contributed by atoms with Gasteiger partial charge in [-0.05, 0) is 37.3 Å². The molecule has 0 fully saturated rings. The fourth-order valence-electron chi connectivity index (χ4n) is 2.42. The third-order valence-corrected chi connectivity index (χ3v) is 3.44. The Bertz CT molecular complexity index is 1070.